The maximum atomic E-state index is 5.62. The lowest BCUT2D eigenvalue weighted by Gasteiger charge is -2.10. The van der Waals surface area contributed by atoms with Gasteiger partial charge in [-0.2, -0.15) is 0 Å². The number of hydrogen-bond donors (Lipinski definition) is 1. The summed E-state index contributed by atoms with van der Waals surface area (Å²) in [7, 11) is 0. The molecule has 116 valence electrons. The summed E-state index contributed by atoms with van der Waals surface area (Å²) >= 11 is 0. The zero-order valence-corrected chi connectivity index (χ0v) is 13.4. The van der Waals surface area contributed by atoms with Gasteiger partial charge in [0.1, 0.15) is 5.75 Å². The van der Waals surface area contributed by atoms with Gasteiger partial charge in [0.05, 0.1) is 12.3 Å². The molecule has 0 bridgehead atoms. The van der Waals surface area contributed by atoms with E-state index in [0.717, 1.165) is 48.3 Å². The van der Waals surface area contributed by atoms with Crippen molar-refractivity contribution in [3.63, 3.8) is 0 Å². The largest absolute Gasteiger partial charge is 0.494 e. The SMILES string of the molecule is CCCOc1ccc(-c2ccc(CNC3CC3)c(C)n2)cc1. The molecule has 3 rings (SSSR count). The number of pyridine rings is 1. The number of nitrogens with zero attached hydrogens (tertiary/aromatic N) is 1. The van der Waals surface area contributed by atoms with Crippen molar-refractivity contribution >= 4 is 0 Å². The molecule has 1 fully saturated rings. The molecule has 0 unspecified atom stereocenters. The minimum Gasteiger partial charge on any atom is -0.494 e. The molecule has 1 heterocycles. The minimum absolute atomic E-state index is 0.731. The van der Waals surface area contributed by atoms with Gasteiger partial charge in [-0.15, -0.1) is 0 Å². The smallest absolute Gasteiger partial charge is 0.119 e. The summed E-state index contributed by atoms with van der Waals surface area (Å²) in [5.41, 5.74) is 4.55. The third-order valence-electron chi connectivity index (χ3n) is 3.98. The monoisotopic (exact) mass is 296 g/mol. The molecule has 0 spiro atoms. The highest BCUT2D eigenvalue weighted by Crippen LogP contribution is 2.23. The third kappa shape index (κ3) is 3.86. The number of ether oxygens (including phenoxy) is 1. The van der Waals surface area contributed by atoms with Gasteiger partial charge in [0.2, 0.25) is 0 Å². The van der Waals surface area contributed by atoms with Crippen LogP contribution in [0.2, 0.25) is 0 Å². The molecule has 2 aromatic rings. The normalized spacial score (nSPS) is 14.1. The van der Waals surface area contributed by atoms with Crippen LogP contribution in [0.1, 0.15) is 37.4 Å². The molecule has 1 aliphatic rings. The average molecular weight is 296 g/mol. The van der Waals surface area contributed by atoms with E-state index in [9.17, 15) is 0 Å². The topological polar surface area (TPSA) is 34.1 Å². The Kier molecular flexibility index (Phi) is 4.74. The molecule has 0 amide bonds. The lowest BCUT2D eigenvalue weighted by molar-refractivity contribution is 0.317. The molecule has 0 saturated heterocycles. The van der Waals surface area contributed by atoms with E-state index in [-0.39, 0.29) is 0 Å². The molecule has 1 aromatic carbocycles. The fourth-order valence-corrected chi connectivity index (χ4v) is 2.42. The van der Waals surface area contributed by atoms with E-state index in [0.29, 0.717) is 0 Å². The fraction of sp³-hybridized carbons (Fsp3) is 0.421. The third-order valence-corrected chi connectivity index (χ3v) is 3.98. The van der Waals surface area contributed by atoms with Gasteiger partial charge in [0.25, 0.3) is 0 Å². The van der Waals surface area contributed by atoms with Crippen LogP contribution in [-0.2, 0) is 6.54 Å². The van der Waals surface area contributed by atoms with Gasteiger partial charge in [-0.3, -0.25) is 4.98 Å². The van der Waals surface area contributed by atoms with E-state index < -0.39 is 0 Å². The van der Waals surface area contributed by atoms with Crippen LogP contribution in [0.25, 0.3) is 11.3 Å². The van der Waals surface area contributed by atoms with Crippen molar-refractivity contribution in [2.24, 2.45) is 0 Å². The Bertz CT molecular complexity index is 618. The number of aryl methyl sites for hydroxylation is 1. The number of rotatable bonds is 7. The molecule has 0 aliphatic heterocycles. The molecule has 22 heavy (non-hydrogen) atoms. The number of benzene rings is 1. The molecule has 0 atom stereocenters. The van der Waals surface area contributed by atoms with Crippen molar-refractivity contribution < 1.29 is 4.74 Å². The molecule has 1 saturated carbocycles. The van der Waals surface area contributed by atoms with Gasteiger partial charge >= 0.3 is 0 Å². The second kappa shape index (κ2) is 6.93. The van der Waals surface area contributed by atoms with Crippen LogP contribution < -0.4 is 10.1 Å². The Hall–Kier alpha value is -1.87. The lowest BCUT2D eigenvalue weighted by atomic mass is 10.1. The summed E-state index contributed by atoms with van der Waals surface area (Å²) < 4.78 is 5.62. The Morgan fingerprint density at radius 2 is 1.91 bits per heavy atom. The molecular weight excluding hydrogens is 272 g/mol. The zero-order chi connectivity index (χ0) is 15.4. The predicted octanol–water partition coefficient (Wildman–Crippen LogP) is 4.10. The summed E-state index contributed by atoms with van der Waals surface area (Å²) in [4.78, 5) is 4.75. The van der Waals surface area contributed by atoms with Crippen LogP contribution in [0.4, 0.5) is 0 Å². The van der Waals surface area contributed by atoms with E-state index >= 15 is 0 Å². The standard InChI is InChI=1S/C19H24N2O/c1-3-12-22-18-9-4-15(5-10-18)19-11-6-16(14(2)21-19)13-20-17-7-8-17/h4-6,9-11,17,20H,3,7-8,12-13H2,1-2H3. The van der Waals surface area contributed by atoms with Crippen LogP contribution in [-0.4, -0.2) is 17.6 Å². The first-order valence-electron chi connectivity index (χ1n) is 8.19. The quantitative estimate of drug-likeness (QED) is 0.835. The second-order valence-corrected chi connectivity index (χ2v) is 5.97. The molecule has 1 aromatic heterocycles. The van der Waals surface area contributed by atoms with E-state index in [1.165, 1.54) is 18.4 Å². The molecule has 0 radical (unpaired) electrons. The Balaban J connectivity index is 1.69. The Morgan fingerprint density at radius 3 is 2.55 bits per heavy atom. The molecule has 3 nitrogen and oxygen atoms in total. The molecule has 1 N–H and O–H groups in total. The van der Waals surface area contributed by atoms with Gasteiger partial charge in [-0.25, -0.2) is 0 Å². The van der Waals surface area contributed by atoms with Crippen LogP contribution in [0.15, 0.2) is 36.4 Å². The number of aromatic nitrogens is 1. The van der Waals surface area contributed by atoms with Gasteiger partial charge in [-0.05, 0) is 62.1 Å². The molecule has 1 aliphatic carbocycles. The van der Waals surface area contributed by atoms with E-state index in [1.807, 2.05) is 12.1 Å². The van der Waals surface area contributed by atoms with Crippen LogP contribution in [0.3, 0.4) is 0 Å². The minimum atomic E-state index is 0.731. The first kappa shape index (κ1) is 15.0. The van der Waals surface area contributed by atoms with Gasteiger partial charge in [0.15, 0.2) is 0 Å². The summed E-state index contributed by atoms with van der Waals surface area (Å²) in [6.07, 6.45) is 3.66. The van der Waals surface area contributed by atoms with Gasteiger partial charge in [-0.1, -0.05) is 13.0 Å². The highest BCUT2D eigenvalue weighted by molar-refractivity contribution is 5.60. The average Bonchev–Trinajstić information content (AvgIpc) is 3.36. The van der Waals surface area contributed by atoms with Gasteiger partial charge < -0.3 is 10.1 Å². The van der Waals surface area contributed by atoms with Gasteiger partial charge in [0, 0.05) is 23.8 Å². The van der Waals surface area contributed by atoms with Crippen LogP contribution in [0, 0.1) is 6.92 Å². The van der Waals surface area contributed by atoms with E-state index in [4.69, 9.17) is 9.72 Å². The highest BCUT2D eigenvalue weighted by Gasteiger charge is 2.20. The predicted molar refractivity (Wildman–Crippen MR) is 90.1 cm³/mol. The maximum Gasteiger partial charge on any atom is 0.119 e. The molecule has 3 heteroatoms. The molecular formula is C19H24N2O. The first-order valence-corrected chi connectivity index (χ1v) is 8.19. The van der Waals surface area contributed by atoms with E-state index in [1.54, 1.807) is 0 Å². The maximum absolute atomic E-state index is 5.62. The Morgan fingerprint density at radius 1 is 1.14 bits per heavy atom. The van der Waals surface area contributed by atoms with Crippen LogP contribution in [0.5, 0.6) is 5.75 Å². The van der Waals surface area contributed by atoms with Crippen molar-refractivity contribution in [2.45, 2.75) is 45.7 Å². The van der Waals surface area contributed by atoms with Crippen molar-refractivity contribution in [1.82, 2.24) is 10.3 Å². The van der Waals surface area contributed by atoms with Crippen molar-refractivity contribution in [3.8, 4) is 17.0 Å². The van der Waals surface area contributed by atoms with Crippen molar-refractivity contribution in [3.05, 3.63) is 47.7 Å². The fourth-order valence-electron chi connectivity index (χ4n) is 2.42. The summed E-state index contributed by atoms with van der Waals surface area (Å²) in [5, 5.41) is 3.54. The number of nitrogens with one attached hydrogen (secondary N) is 1. The Labute approximate surface area is 132 Å². The van der Waals surface area contributed by atoms with E-state index in [2.05, 4.69) is 43.4 Å². The second-order valence-electron chi connectivity index (χ2n) is 5.97. The number of hydrogen-bond acceptors (Lipinski definition) is 3. The zero-order valence-electron chi connectivity index (χ0n) is 13.4. The van der Waals surface area contributed by atoms with Crippen molar-refractivity contribution in [2.75, 3.05) is 6.61 Å². The van der Waals surface area contributed by atoms with Crippen LogP contribution >= 0.6 is 0 Å². The van der Waals surface area contributed by atoms with Crippen molar-refractivity contribution in [1.29, 1.82) is 0 Å². The summed E-state index contributed by atoms with van der Waals surface area (Å²) in [6.45, 7) is 5.89. The highest BCUT2D eigenvalue weighted by atomic mass is 16.5. The summed E-state index contributed by atoms with van der Waals surface area (Å²) in [5.74, 6) is 0.924. The summed E-state index contributed by atoms with van der Waals surface area (Å²) in [6, 6.07) is 13.2. The first-order chi connectivity index (χ1) is 10.8. The lowest BCUT2D eigenvalue weighted by Crippen LogP contribution is -2.16.